The molecule has 156 valence electrons. The highest BCUT2D eigenvalue weighted by Crippen LogP contribution is 2.36. The molecule has 3 rings (SSSR count). The van der Waals surface area contributed by atoms with E-state index >= 15 is 0 Å². The fourth-order valence-electron chi connectivity index (χ4n) is 4.93. The lowest BCUT2D eigenvalue weighted by Gasteiger charge is -2.44. The van der Waals surface area contributed by atoms with Gasteiger partial charge in [-0.1, -0.05) is 18.5 Å². The highest BCUT2D eigenvalue weighted by atomic mass is 35.5. The third-order valence-corrected chi connectivity index (χ3v) is 7.05. The maximum atomic E-state index is 13.3. The number of piperidine rings is 1. The molecule has 1 N–H and O–H groups in total. The van der Waals surface area contributed by atoms with Crippen LogP contribution in [0.3, 0.4) is 0 Å². The van der Waals surface area contributed by atoms with Gasteiger partial charge in [0.25, 0.3) is 5.91 Å². The van der Waals surface area contributed by atoms with E-state index in [0.717, 1.165) is 38.8 Å². The van der Waals surface area contributed by atoms with Gasteiger partial charge in [-0.3, -0.25) is 4.79 Å². The number of halogens is 2. The van der Waals surface area contributed by atoms with E-state index in [1.165, 1.54) is 24.6 Å². The van der Waals surface area contributed by atoms with E-state index in [0.29, 0.717) is 29.5 Å². The number of ether oxygens (including phenoxy) is 1. The molecule has 1 aliphatic heterocycles. The first-order valence-electron chi connectivity index (χ1n) is 10.4. The van der Waals surface area contributed by atoms with E-state index < -0.39 is 5.82 Å². The number of amides is 1. The number of carbonyl (C=O) groups excluding carboxylic acids is 1. The van der Waals surface area contributed by atoms with Crippen molar-refractivity contribution in [3.63, 3.8) is 0 Å². The molecule has 1 saturated heterocycles. The van der Waals surface area contributed by atoms with Gasteiger partial charge in [0.2, 0.25) is 0 Å². The highest BCUT2D eigenvalue weighted by molar-refractivity contribution is 6.31. The predicted octanol–water partition coefficient (Wildman–Crippen LogP) is 4.51. The van der Waals surface area contributed by atoms with Crippen LogP contribution in [0.2, 0.25) is 5.02 Å². The summed E-state index contributed by atoms with van der Waals surface area (Å²) in [5.74, 6) is 0.697. The Bertz CT molecular complexity index is 679. The van der Waals surface area contributed by atoms with Crippen molar-refractivity contribution in [2.75, 3.05) is 20.2 Å². The Morgan fingerprint density at radius 1 is 1.29 bits per heavy atom. The molecule has 1 saturated carbocycles. The van der Waals surface area contributed by atoms with Crippen LogP contribution in [0.25, 0.3) is 0 Å². The SMILES string of the molecule is COC1CCC(C(C)N2CCC(NC(=O)c3ccc(F)c(Cl)c3)CC2)C(C)C1. The molecular formula is C22H32ClFN2O2. The number of nitrogens with one attached hydrogen (secondary N) is 1. The minimum atomic E-state index is -0.505. The van der Waals surface area contributed by atoms with Gasteiger partial charge in [-0.2, -0.15) is 0 Å². The second-order valence-corrected chi connectivity index (χ2v) is 8.87. The molecule has 0 radical (unpaired) electrons. The number of hydrogen-bond acceptors (Lipinski definition) is 3. The highest BCUT2D eigenvalue weighted by Gasteiger charge is 2.35. The summed E-state index contributed by atoms with van der Waals surface area (Å²) in [6.45, 7) is 6.70. The van der Waals surface area contributed by atoms with Crippen LogP contribution in [0.5, 0.6) is 0 Å². The summed E-state index contributed by atoms with van der Waals surface area (Å²) in [6, 6.07) is 4.81. The minimum absolute atomic E-state index is 0.0198. The molecule has 1 heterocycles. The molecule has 28 heavy (non-hydrogen) atoms. The van der Waals surface area contributed by atoms with Crippen LogP contribution in [0, 0.1) is 17.7 Å². The quantitative estimate of drug-likeness (QED) is 0.776. The van der Waals surface area contributed by atoms with Gasteiger partial charge in [0.15, 0.2) is 0 Å². The van der Waals surface area contributed by atoms with Gasteiger partial charge in [-0.15, -0.1) is 0 Å². The minimum Gasteiger partial charge on any atom is -0.381 e. The Hall–Kier alpha value is -1.17. The summed E-state index contributed by atoms with van der Waals surface area (Å²) in [5, 5.41) is 3.06. The second-order valence-electron chi connectivity index (χ2n) is 8.47. The van der Waals surface area contributed by atoms with Crippen molar-refractivity contribution in [2.45, 2.75) is 64.1 Å². The lowest BCUT2D eigenvalue weighted by atomic mass is 9.74. The van der Waals surface area contributed by atoms with Crippen molar-refractivity contribution in [3.05, 3.63) is 34.6 Å². The maximum Gasteiger partial charge on any atom is 0.251 e. The molecule has 0 bridgehead atoms. The maximum absolute atomic E-state index is 13.3. The van der Waals surface area contributed by atoms with Gasteiger partial charge in [-0.25, -0.2) is 4.39 Å². The standard InChI is InChI=1S/C22H32ClFN2O2/c1-14-12-18(28-3)5-6-19(14)15(2)26-10-8-17(9-11-26)25-22(27)16-4-7-21(24)20(23)13-16/h4,7,13-15,17-19H,5-6,8-12H2,1-3H3,(H,25,27). The van der Waals surface area contributed by atoms with Crippen molar-refractivity contribution in [1.29, 1.82) is 0 Å². The van der Waals surface area contributed by atoms with Gasteiger partial charge in [0.05, 0.1) is 11.1 Å². The van der Waals surface area contributed by atoms with Crippen LogP contribution in [-0.4, -0.2) is 49.2 Å². The van der Waals surface area contributed by atoms with Crippen LogP contribution in [0.1, 0.15) is 56.3 Å². The van der Waals surface area contributed by atoms with Crippen LogP contribution >= 0.6 is 11.6 Å². The number of benzene rings is 1. The average molecular weight is 411 g/mol. The third kappa shape index (κ3) is 5.05. The Labute approximate surface area is 172 Å². The largest absolute Gasteiger partial charge is 0.381 e. The molecule has 2 fully saturated rings. The normalized spacial score (nSPS) is 28.1. The molecule has 4 atom stereocenters. The molecule has 1 aromatic rings. The van der Waals surface area contributed by atoms with E-state index in [9.17, 15) is 9.18 Å². The molecule has 1 aliphatic carbocycles. The van der Waals surface area contributed by atoms with Crippen molar-refractivity contribution in [2.24, 2.45) is 11.8 Å². The first-order chi connectivity index (χ1) is 13.4. The third-order valence-electron chi connectivity index (χ3n) is 6.76. The molecule has 4 unspecified atom stereocenters. The fraction of sp³-hybridized carbons (Fsp3) is 0.682. The summed E-state index contributed by atoms with van der Waals surface area (Å²) in [4.78, 5) is 15.0. The molecule has 0 aromatic heterocycles. The fourth-order valence-corrected chi connectivity index (χ4v) is 5.11. The summed E-state index contributed by atoms with van der Waals surface area (Å²) >= 11 is 5.79. The van der Waals surface area contributed by atoms with Crippen molar-refractivity contribution >= 4 is 17.5 Å². The molecule has 6 heteroatoms. The molecule has 1 amide bonds. The zero-order valence-electron chi connectivity index (χ0n) is 17.1. The van der Waals surface area contributed by atoms with E-state index in [1.54, 1.807) is 0 Å². The molecule has 2 aliphatic rings. The first-order valence-corrected chi connectivity index (χ1v) is 10.8. The van der Waals surface area contributed by atoms with Gasteiger partial charge >= 0.3 is 0 Å². The monoisotopic (exact) mass is 410 g/mol. The van der Waals surface area contributed by atoms with Crippen molar-refractivity contribution in [1.82, 2.24) is 10.2 Å². The summed E-state index contributed by atoms with van der Waals surface area (Å²) in [6.07, 6.45) is 5.82. The molecular weight excluding hydrogens is 379 g/mol. The number of carbonyl (C=O) groups is 1. The van der Waals surface area contributed by atoms with E-state index in [2.05, 4.69) is 24.1 Å². The second kappa shape index (κ2) is 9.55. The molecule has 4 nitrogen and oxygen atoms in total. The Morgan fingerprint density at radius 2 is 2.00 bits per heavy atom. The van der Waals surface area contributed by atoms with Gasteiger partial charge in [0, 0.05) is 37.8 Å². The van der Waals surface area contributed by atoms with Crippen LogP contribution < -0.4 is 5.32 Å². The first kappa shape index (κ1) is 21.5. The Morgan fingerprint density at radius 3 is 2.61 bits per heavy atom. The van der Waals surface area contributed by atoms with Crippen molar-refractivity contribution < 1.29 is 13.9 Å². The molecule has 0 spiro atoms. The summed E-state index contributed by atoms with van der Waals surface area (Å²) < 4.78 is 18.8. The Balaban J connectivity index is 1.48. The molecule has 1 aromatic carbocycles. The van der Waals surface area contributed by atoms with Crippen LogP contribution in [0.4, 0.5) is 4.39 Å². The van der Waals surface area contributed by atoms with E-state index in [-0.39, 0.29) is 17.0 Å². The zero-order chi connectivity index (χ0) is 20.3. The average Bonchev–Trinajstić information content (AvgIpc) is 2.70. The zero-order valence-corrected chi connectivity index (χ0v) is 17.8. The number of likely N-dealkylation sites (tertiary alicyclic amines) is 1. The smallest absolute Gasteiger partial charge is 0.251 e. The number of methoxy groups -OCH3 is 1. The van der Waals surface area contributed by atoms with Crippen LogP contribution in [0.15, 0.2) is 18.2 Å². The Kier molecular flexibility index (Phi) is 7.35. The van der Waals surface area contributed by atoms with Crippen LogP contribution in [-0.2, 0) is 4.74 Å². The lowest BCUT2D eigenvalue weighted by Crippen LogP contribution is -2.50. The van der Waals surface area contributed by atoms with Crippen molar-refractivity contribution in [3.8, 4) is 0 Å². The predicted molar refractivity (Wildman–Crippen MR) is 110 cm³/mol. The van der Waals surface area contributed by atoms with Gasteiger partial charge in [-0.05, 0) is 69.1 Å². The van der Waals surface area contributed by atoms with E-state index in [4.69, 9.17) is 16.3 Å². The lowest BCUT2D eigenvalue weighted by molar-refractivity contribution is 0.00285. The van der Waals surface area contributed by atoms with E-state index in [1.807, 2.05) is 7.11 Å². The topological polar surface area (TPSA) is 41.6 Å². The number of hydrogen-bond donors (Lipinski definition) is 1. The van der Waals surface area contributed by atoms with Gasteiger partial charge in [0.1, 0.15) is 5.82 Å². The number of nitrogens with zero attached hydrogens (tertiary/aromatic N) is 1. The summed E-state index contributed by atoms with van der Waals surface area (Å²) in [5.41, 5.74) is 0.408. The van der Waals surface area contributed by atoms with Gasteiger partial charge < -0.3 is 15.0 Å². The number of rotatable bonds is 5. The summed E-state index contributed by atoms with van der Waals surface area (Å²) in [7, 11) is 1.82.